The number of aldehydes is 1. The third kappa shape index (κ3) is 3.86. The summed E-state index contributed by atoms with van der Waals surface area (Å²) in [7, 11) is 0. The number of anilines is 1. The lowest BCUT2D eigenvalue weighted by atomic mass is 10.1. The molecule has 1 aliphatic rings. The van der Waals surface area contributed by atoms with Crippen molar-refractivity contribution < 1.29 is 14.6 Å². The molecule has 0 radical (unpaired) electrons. The lowest BCUT2D eigenvalue weighted by Gasteiger charge is -2.20. The number of hydrogen-bond acceptors (Lipinski definition) is 5. The van der Waals surface area contributed by atoms with Crippen molar-refractivity contribution in [3.63, 3.8) is 0 Å². The average Bonchev–Trinajstić information content (AvgIpc) is 3.42. The molecule has 2 heterocycles. The normalized spacial score (nSPS) is 15.2. The third-order valence-corrected chi connectivity index (χ3v) is 5.63. The zero-order valence-electron chi connectivity index (χ0n) is 17.9. The van der Waals surface area contributed by atoms with E-state index in [9.17, 15) is 9.90 Å². The van der Waals surface area contributed by atoms with Crippen LogP contribution in [0.3, 0.4) is 0 Å². The van der Waals surface area contributed by atoms with E-state index >= 15 is 0 Å². The molecule has 0 saturated carbocycles. The van der Waals surface area contributed by atoms with Crippen LogP contribution in [0.25, 0.3) is 16.7 Å². The number of fused-ring (bicyclic) bond motifs is 1. The molecule has 4 aromatic rings. The Labute approximate surface area is 190 Å². The Kier molecular flexibility index (Phi) is 5.16. The largest absolute Gasteiger partial charge is 0.505 e. The molecule has 1 fully saturated rings. The minimum atomic E-state index is 0.000497. The molecule has 33 heavy (non-hydrogen) atoms. The Morgan fingerprint density at radius 2 is 1.88 bits per heavy atom. The van der Waals surface area contributed by atoms with E-state index < -0.39 is 0 Å². The zero-order valence-corrected chi connectivity index (χ0v) is 17.9. The maximum Gasteiger partial charge on any atom is 0.150 e. The first-order valence-corrected chi connectivity index (χ1v) is 10.5. The van der Waals surface area contributed by atoms with Crippen LogP contribution in [0.5, 0.6) is 11.5 Å². The molecule has 0 bridgehead atoms. The summed E-state index contributed by atoms with van der Waals surface area (Å²) < 4.78 is 5.90. The van der Waals surface area contributed by atoms with Gasteiger partial charge in [-0.05, 0) is 67.1 Å². The molecule has 0 amide bonds. The maximum atomic E-state index is 11.0. The number of carbonyl (C=O) groups is 1. The molecule has 0 aliphatic carbocycles. The molecule has 0 atom stereocenters. The molecule has 5 rings (SSSR count). The van der Waals surface area contributed by atoms with E-state index in [0.717, 1.165) is 34.2 Å². The second-order valence-corrected chi connectivity index (χ2v) is 7.86. The highest BCUT2D eigenvalue weighted by molar-refractivity contribution is 6.13. The summed E-state index contributed by atoms with van der Waals surface area (Å²) in [5.41, 5.74) is 7.25. The fourth-order valence-corrected chi connectivity index (χ4v) is 3.94. The van der Waals surface area contributed by atoms with E-state index in [1.54, 1.807) is 29.3 Å². The standard InChI is InChI=1S/C26H22N4O3/c1-16-11-20(33-19-5-3-2-4-6-19)8-10-24(16)30-26(27)21(14-28-30)25(32)23-13-18-12-17(15-31)7-9-22(18)29-23/h2-13,15,27-29,32H,14H2,1H3. The van der Waals surface area contributed by atoms with Crippen molar-refractivity contribution in [3.8, 4) is 11.5 Å². The summed E-state index contributed by atoms with van der Waals surface area (Å²) in [5, 5.41) is 22.0. The Balaban J connectivity index is 1.40. The molecule has 0 unspecified atom stereocenters. The fourth-order valence-electron chi connectivity index (χ4n) is 3.94. The van der Waals surface area contributed by atoms with Crippen molar-refractivity contribution in [2.24, 2.45) is 0 Å². The number of aryl methyl sites for hydroxylation is 1. The first kappa shape index (κ1) is 20.5. The first-order chi connectivity index (χ1) is 16.0. The summed E-state index contributed by atoms with van der Waals surface area (Å²) >= 11 is 0. The van der Waals surface area contributed by atoms with Gasteiger partial charge in [0.05, 0.1) is 17.0 Å². The van der Waals surface area contributed by atoms with Gasteiger partial charge >= 0.3 is 0 Å². The van der Waals surface area contributed by atoms with Gasteiger partial charge in [-0.2, -0.15) is 0 Å². The number of hydrazine groups is 1. The Morgan fingerprint density at radius 3 is 2.64 bits per heavy atom. The van der Waals surface area contributed by atoms with Crippen molar-refractivity contribution in [3.05, 3.63) is 95.2 Å². The van der Waals surface area contributed by atoms with E-state index in [1.807, 2.05) is 55.5 Å². The number of benzene rings is 3. The zero-order chi connectivity index (χ0) is 22.9. The number of hydrogen-bond donors (Lipinski definition) is 4. The number of ether oxygens (including phenoxy) is 1. The molecule has 1 aromatic heterocycles. The Morgan fingerprint density at radius 1 is 1.06 bits per heavy atom. The quantitative estimate of drug-likeness (QED) is 0.248. The van der Waals surface area contributed by atoms with Gasteiger partial charge in [0.1, 0.15) is 29.4 Å². The van der Waals surface area contributed by atoms with Crippen LogP contribution in [-0.2, 0) is 0 Å². The first-order valence-electron chi connectivity index (χ1n) is 10.5. The van der Waals surface area contributed by atoms with Crippen molar-refractivity contribution in [1.82, 2.24) is 10.4 Å². The molecule has 164 valence electrons. The van der Waals surface area contributed by atoms with E-state index in [4.69, 9.17) is 10.1 Å². The van der Waals surface area contributed by atoms with E-state index in [0.29, 0.717) is 29.1 Å². The highest BCUT2D eigenvalue weighted by atomic mass is 16.5. The highest BCUT2D eigenvalue weighted by Gasteiger charge is 2.28. The molecule has 3 aromatic carbocycles. The maximum absolute atomic E-state index is 11.0. The predicted molar refractivity (Wildman–Crippen MR) is 129 cm³/mol. The second kappa shape index (κ2) is 8.29. The summed E-state index contributed by atoms with van der Waals surface area (Å²) in [5.74, 6) is 1.63. The molecule has 4 N–H and O–H groups in total. The van der Waals surface area contributed by atoms with Gasteiger partial charge in [0.15, 0.2) is 0 Å². The molecule has 7 heteroatoms. The number of nitrogens with zero attached hydrogens (tertiary/aromatic N) is 1. The number of aliphatic hydroxyl groups is 1. The SMILES string of the molecule is Cc1cc(Oc2ccccc2)ccc1N1NCC(=C(O)c2cc3cc(C=O)ccc3[nH]2)C1=N. The predicted octanol–water partition coefficient (Wildman–Crippen LogP) is 5.35. The minimum absolute atomic E-state index is 0.000497. The number of rotatable bonds is 5. The lowest BCUT2D eigenvalue weighted by Crippen LogP contribution is -2.34. The topological polar surface area (TPSA) is 101 Å². The van der Waals surface area contributed by atoms with E-state index in [1.165, 1.54) is 0 Å². The number of aromatic nitrogens is 1. The summed E-state index contributed by atoms with van der Waals surface area (Å²) in [6.07, 6.45) is 0.789. The van der Waals surface area contributed by atoms with Crippen LogP contribution in [0.4, 0.5) is 5.69 Å². The number of amidine groups is 1. The molecule has 1 aliphatic heterocycles. The molecule has 0 spiro atoms. The number of aliphatic hydroxyl groups excluding tert-OH is 1. The van der Waals surface area contributed by atoms with E-state index in [2.05, 4.69) is 10.4 Å². The van der Waals surface area contributed by atoms with Gasteiger partial charge in [-0.1, -0.05) is 18.2 Å². The number of carbonyl (C=O) groups excluding carboxylic acids is 1. The van der Waals surface area contributed by atoms with Crippen LogP contribution >= 0.6 is 0 Å². The van der Waals surface area contributed by atoms with Gasteiger partial charge in [-0.25, -0.2) is 5.43 Å². The number of aromatic amines is 1. The second-order valence-electron chi connectivity index (χ2n) is 7.86. The Hall–Kier alpha value is -4.36. The van der Waals surface area contributed by atoms with Crippen LogP contribution in [0.2, 0.25) is 0 Å². The number of nitrogens with one attached hydrogen (secondary N) is 3. The molecule has 7 nitrogen and oxygen atoms in total. The van der Waals surface area contributed by atoms with Gasteiger partial charge in [-0.15, -0.1) is 0 Å². The summed E-state index contributed by atoms with van der Waals surface area (Å²) in [6.45, 7) is 2.26. The van der Waals surface area contributed by atoms with Gasteiger partial charge in [0, 0.05) is 23.0 Å². The van der Waals surface area contributed by atoms with E-state index in [-0.39, 0.29) is 11.6 Å². The molecular formula is C26H22N4O3. The van der Waals surface area contributed by atoms with Crippen LogP contribution in [-0.4, -0.2) is 28.8 Å². The van der Waals surface area contributed by atoms with Gasteiger partial charge in [0.2, 0.25) is 0 Å². The lowest BCUT2D eigenvalue weighted by molar-refractivity contribution is 0.112. The summed E-state index contributed by atoms with van der Waals surface area (Å²) in [6, 6.07) is 22.3. The van der Waals surface area contributed by atoms with Gasteiger partial charge in [-0.3, -0.25) is 15.2 Å². The molecular weight excluding hydrogens is 416 g/mol. The van der Waals surface area contributed by atoms with Crippen LogP contribution in [0.15, 0.2) is 78.4 Å². The summed E-state index contributed by atoms with van der Waals surface area (Å²) in [4.78, 5) is 14.2. The van der Waals surface area contributed by atoms with Crippen LogP contribution in [0, 0.1) is 12.3 Å². The smallest absolute Gasteiger partial charge is 0.150 e. The number of H-pyrrole nitrogens is 1. The Bertz CT molecular complexity index is 1410. The molecule has 1 saturated heterocycles. The van der Waals surface area contributed by atoms with Crippen molar-refractivity contribution in [2.45, 2.75) is 6.92 Å². The number of para-hydroxylation sites is 1. The average molecular weight is 438 g/mol. The van der Waals surface area contributed by atoms with Crippen LogP contribution in [0.1, 0.15) is 21.6 Å². The van der Waals surface area contributed by atoms with Gasteiger partial charge in [0.25, 0.3) is 0 Å². The van der Waals surface area contributed by atoms with Crippen LogP contribution < -0.4 is 15.2 Å². The third-order valence-electron chi connectivity index (χ3n) is 5.63. The van der Waals surface area contributed by atoms with Crippen molar-refractivity contribution >= 4 is 34.5 Å². The monoisotopic (exact) mass is 438 g/mol. The van der Waals surface area contributed by atoms with Gasteiger partial charge < -0.3 is 14.8 Å². The fraction of sp³-hybridized carbons (Fsp3) is 0.0769. The highest BCUT2D eigenvalue weighted by Crippen LogP contribution is 2.31. The minimum Gasteiger partial charge on any atom is -0.505 e. The van der Waals surface area contributed by atoms with Crippen molar-refractivity contribution in [1.29, 1.82) is 5.41 Å². The van der Waals surface area contributed by atoms with Crippen molar-refractivity contribution in [2.75, 3.05) is 11.6 Å².